The van der Waals surface area contributed by atoms with E-state index >= 15 is 0 Å². The van der Waals surface area contributed by atoms with Gasteiger partial charge in [0.1, 0.15) is 6.04 Å². The van der Waals surface area contributed by atoms with Crippen molar-refractivity contribution in [2.24, 2.45) is 0 Å². The zero-order chi connectivity index (χ0) is 21.1. The molecule has 2 aliphatic rings. The summed E-state index contributed by atoms with van der Waals surface area (Å²) in [5.41, 5.74) is 1.68. The number of fused-ring (bicyclic) bond motifs is 1. The number of carboxylic acids is 1. The van der Waals surface area contributed by atoms with Crippen LogP contribution in [-0.2, 0) is 14.3 Å². The molecule has 0 spiro atoms. The van der Waals surface area contributed by atoms with Crippen LogP contribution in [0.3, 0.4) is 0 Å². The molecule has 8 nitrogen and oxygen atoms in total. The Kier molecular flexibility index (Phi) is 6.72. The number of hydrogen-bond acceptors (Lipinski definition) is 5. The Balaban J connectivity index is 1.35. The number of aliphatic carboxylic acids is 1. The maximum Gasteiger partial charge on any atom is 0.325 e. The van der Waals surface area contributed by atoms with Gasteiger partial charge in [0.15, 0.2) is 0 Å². The van der Waals surface area contributed by atoms with Crippen LogP contribution in [0.5, 0.6) is 0 Å². The second-order valence-corrected chi connectivity index (χ2v) is 8.84. The molecule has 0 bridgehead atoms. The summed E-state index contributed by atoms with van der Waals surface area (Å²) >= 11 is 3.47. The summed E-state index contributed by atoms with van der Waals surface area (Å²) in [7, 11) is 0. The molecule has 2 aliphatic heterocycles. The average molecular weight is 479 g/mol. The molecule has 30 heavy (non-hydrogen) atoms. The van der Waals surface area contributed by atoms with Crippen molar-refractivity contribution in [3.63, 3.8) is 0 Å². The van der Waals surface area contributed by atoms with E-state index < -0.39 is 12.0 Å². The van der Waals surface area contributed by atoms with Gasteiger partial charge in [-0.2, -0.15) is 0 Å². The Morgan fingerprint density at radius 1 is 1.30 bits per heavy atom. The number of carbonyl (C=O) groups is 2. The lowest BCUT2D eigenvalue weighted by Gasteiger charge is -2.37. The Bertz CT molecular complexity index is 904. The highest BCUT2D eigenvalue weighted by Crippen LogP contribution is 2.31. The smallest absolute Gasteiger partial charge is 0.325 e. The lowest BCUT2D eigenvalue weighted by Crippen LogP contribution is -2.51. The number of nitrogens with zero attached hydrogens (tertiary/aromatic N) is 2. The number of amides is 1. The molecule has 3 N–H and O–H groups in total. The normalized spacial score (nSPS) is 21.7. The van der Waals surface area contributed by atoms with E-state index in [1.165, 1.54) is 0 Å². The maximum atomic E-state index is 12.2. The molecular weight excluding hydrogens is 452 g/mol. The second kappa shape index (κ2) is 9.47. The minimum absolute atomic E-state index is 0.00443. The molecule has 4 rings (SSSR count). The lowest BCUT2D eigenvalue weighted by atomic mass is 10.0. The van der Waals surface area contributed by atoms with Crippen molar-refractivity contribution in [3.05, 3.63) is 34.4 Å². The van der Waals surface area contributed by atoms with Crippen LogP contribution in [0.4, 0.5) is 0 Å². The molecule has 1 aromatic heterocycles. The summed E-state index contributed by atoms with van der Waals surface area (Å²) < 4.78 is 6.45. The van der Waals surface area contributed by atoms with E-state index in [9.17, 15) is 14.7 Å². The molecule has 1 amide bonds. The summed E-state index contributed by atoms with van der Waals surface area (Å²) in [6.07, 6.45) is 3.99. The first-order valence-electron chi connectivity index (χ1n) is 10.4. The summed E-state index contributed by atoms with van der Waals surface area (Å²) in [5, 5.41) is 13.8. The minimum atomic E-state index is -0.862. The van der Waals surface area contributed by atoms with Gasteiger partial charge in [-0.05, 0) is 31.0 Å². The molecule has 2 aromatic rings. The van der Waals surface area contributed by atoms with E-state index in [2.05, 4.69) is 31.1 Å². The van der Waals surface area contributed by atoms with E-state index in [0.29, 0.717) is 39.3 Å². The molecule has 162 valence electrons. The average Bonchev–Trinajstić information content (AvgIpc) is 3.38. The van der Waals surface area contributed by atoms with Gasteiger partial charge in [0.25, 0.3) is 0 Å². The third kappa shape index (κ3) is 4.85. The highest BCUT2D eigenvalue weighted by Gasteiger charge is 2.32. The van der Waals surface area contributed by atoms with Crippen molar-refractivity contribution in [2.75, 3.05) is 45.9 Å². The van der Waals surface area contributed by atoms with Gasteiger partial charge in [-0.1, -0.05) is 15.9 Å². The second-order valence-electron chi connectivity index (χ2n) is 7.93. The van der Waals surface area contributed by atoms with E-state index in [-0.39, 0.29) is 12.0 Å². The predicted octanol–water partition coefficient (Wildman–Crippen LogP) is 1.97. The maximum absolute atomic E-state index is 12.2. The molecule has 0 aliphatic carbocycles. The third-order valence-electron chi connectivity index (χ3n) is 5.89. The minimum Gasteiger partial charge on any atom is -0.480 e. The van der Waals surface area contributed by atoms with Crippen LogP contribution in [0, 0.1) is 0 Å². The predicted molar refractivity (Wildman–Crippen MR) is 116 cm³/mol. The van der Waals surface area contributed by atoms with E-state index in [1.807, 2.05) is 23.1 Å². The molecular formula is C21H27BrN4O4. The number of carbonyl (C=O) groups excluding carboxylic acids is 1. The molecule has 0 unspecified atom stereocenters. The molecule has 2 atom stereocenters. The Hall–Kier alpha value is -1.94. The van der Waals surface area contributed by atoms with Crippen LogP contribution in [0.15, 0.2) is 28.9 Å². The molecule has 9 heteroatoms. The number of rotatable bonds is 7. The van der Waals surface area contributed by atoms with Crippen molar-refractivity contribution in [1.82, 2.24) is 20.1 Å². The molecule has 2 saturated heterocycles. The van der Waals surface area contributed by atoms with Gasteiger partial charge in [0.05, 0.1) is 12.6 Å². The monoisotopic (exact) mass is 478 g/mol. The fourth-order valence-corrected chi connectivity index (χ4v) is 4.66. The fraction of sp³-hybridized carbons (Fsp3) is 0.524. The lowest BCUT2D eigenvalue weighted by molar-refractivity contribution is -0.144. The van der Waals surface area contributed by atoms with E-state index in [1.54, 1.807) is 6.20 Å². The topological polar surface area (TPSA) is 97.9 Å². The Morgan fingerprint density at radius 2 is 2.10 bits per heavy atom. The summed E-state index contributed by atoms with van der Waals surface area (Å²) in [6.45, 7) is 4.18. The molecule has 0 saturated carbocycles. The van der Waals surface area contributed by atoms with Crippen LogP contribution >= 0.6 is 15.9 Å². The van der Waals surface area contributed by atoms with Crippen LogP contribution in [0.25, 0.3) is 10.9 Å². The van der Waals surface area contributed by atoms with Crippen molar-refractivity contribution in [1.29, 1.82) is 0 Å². The van der Waals surface area contributed by atoms with Gasteiger partial charge in [0.2, 0.25) is 5.91 Å². The first-order valence-corrected chi connectivity index (χ1v) is 11.1. The molecule has 3 heterocycles. The first-order chi connectivity index (χ1) is 14.5. The van der Waals surface area contributed by atoms with Crippen molar-refractivity contribution in [3.8, 4) is 0 Å². The van der Waals surface area contributed by atoms with Gasteiger partial charge in [-0.15, -0.1) is 0 Å². The standard InChI is InChI=1S/C21H27BrN4O4/c22-14-3-4-18-16(10-14)17(12-23-18)20(21(28)29)26-7-5-25(6-8-26)13-19(27)24-11-15-2-1-9-30-15/h3-4,10,12,15,20,23H,1-2,5-9,11,13H2,(H,24,27)(H,28,29)/t15-,20+/m1/s1. The molecule has 1 aromatic carbocycles. The fourth-order valence-electron chi connectivity index (χ4n) is 4.30. The highest BCUT2D eigenvalue weighted by atomic mass is 79.9. The van der Waals surface area contributed by atoms with Gasteiger partial charge in [-0.3, -0.25) is 19.4 Å². The zero-order valence-electron chi connectivity index (χ0n) is 16.8. The number of aromatic nitrogens is 1. The number of ether oxygens (including phenoxy) is 1. The van der Waals surface area contributed by atoms with Crippen LogP contribution in [0.2, 0.25) is 0 Å². The zero-order valence-corrected chi connectivity index (χ0v) is 18.4. The van der Waals surface area contributed by atoms with Crippen molar-refractivity contribution < 1.29 is 19.4 Å². The van der Waals surface area contributed by atoms with Gasteiger partial charge >= 0.3 is 5.97 Å². The van der Waals surface area contributed by atoms with Crippen molar-refractivity contribution in [2.45, 2.75) is 25.0 Å². The van der Waals surface area contributed by atoms with Gasteiger partial charge in [-0.25, -0.2) is 0 Å². The van der Waals surface area contributed by atoms with Crippen LogP contribution in [-0.4, -0.2) is 83.7 Å². The number of hydrogen-bond donors (Lipinski definition) is 3. The van der Waals surface area contributed by atoms with Gasteiger partial charge in [0, 0.05) is 66.5 Å². The van der Waals surface area contributed by atoms with E-state index in [4.69, 9.17) is 4.74 Å². The quantitative estimate of drug-likeness (QED) is 0.562. The number of carboxylic acid groups (broad SMARTS) is 1. The van der Waals surface area contributed by atoms with Crippen LogP contribution in [0.1, 0.15) is 24.4 Å². The van der Waals surface area contributed by atoms with E-state index in [0.717, 1.165) is 40.4 Å². The molecule has 0 radical (unpaired) electrons. The SMILES string of the molecule is O=C(CN1CCN([C@H](C(=O)O)c2c[nH]c3ccc(Br)cc23)CC1)NC[C@H]1CCCO1. The number of nitrogens with one attached hydrogen (secondary N) is 2. The van der Waals surface area contributed by atoms with Crippen molar-refractivity contribution >= 4 is 38.7 Å². The first kappa shape index (κ1) is 21.3. The Labute approximate surface area is 183 Å². The van der Waals surface area contributed by atoms with Gasteiger partial charge < -0.3 is 20.1 Å². The molecule has 2 fully saturated rings. The number of piperazine rings is 1. The summed E-state index contributed by atoms with van der Waals surface area (Å²) in [6, 6.07) is 5.10. The number of halogens is 1. The third-order valence-corrected chi connectivity index (χ3v) is 6.39. The Morgan fingerprint density at radius 3 is 2.80 bits per heavy atom. The largest absolute Gasteiger partial charge is 0.480 e. The van der Waals surface area contributed by atoms with Crippen LogP contribution < -0.4 is 5.32 Å². The highest BCUT2D eigenvalue weighted by molar-refractivity contribution is 9.10. The number of benzene rings is 1. The summed E-state index contributed by atoms with van der Waals surface area (Å²) in [4.78, 5) is 31.6. The number of H-pyrrole nitrogens is 1. The number of aromatic amines is 1. The summed E-state index contributed by atoms with van der Waals surface area (Å²) in [5.74, 6) is -0.867.